The number of para-hydroxylation sites is 2. The Bertz CT molecular complexity index is 1340. The molecule has 0 amide bonds. The first-order valence-electron chi connectivity index (χ1n) is 15.1. The number of piperidine rings is 3. The number of carboxylic acid groups (broad SMARTS) is 1. The summed E-state index contributed by atoms with van der Waals surface area (Å²) in [6.45, 7) is 6.72. The van der Waals surface area contributed by atoms with Crippen molar-refractivity contribution in [3.05, 3.63) is 83.9 Å². The summed E-state index contributed by atoms with van der Waals surface area (Å²) in [5, 5.41) is 10.8. The van der Waals surface area contributed by atoms with E-state index in [0.717, 1.165) is 48.8 Å². The predicted molar refractivity (Wildman–Crippen MR) is 163 cm³/mol. The molecule has 3 unspecified atom stereocenters. The van der Waals surface area contributed by atoms with E-state index in [0.29, 0.717) is 12.2 Å². The second-order valence-corrected chi connectivity index (χ2v) is 13.2. The van der Waals surface area contributed by atoms with Crippen molar-refractivity contribution in [1.29, 1.82) is 0 Å². The molecule has 3 aromatic carbocycles. The van der Waals surface area contributed by atoms with E-state index in [4.69, 9.17) is 0 Å². The largest absolute Gasteiger partial charge is 1.00 e. The maximum atomic E-state index is 11.6. The molecule has 4 heterocycles. The summed E-state index contributed by atoms with van der Waals surface area (Å²) in [6.07, 6.45) is 6.27. The Morgan fingerprint density at radius 2 is 1.55 bits per heavy atom. The summed E-state index contributed by atoms with van der Waals surface area (Å²) in [7, 11) is 0. The van der Waals surface area contributed by atoms with Gasteiger partial charge in [0.1, 0.15) is 5.78 Å². The summed E-state index contributed by atoms with van der Waals surface area (Å²) < 4.78 is 0. The monoisotopic (exact) mass is 590 g/mol. The molecule has 4 fully saturated rings. The standard InChI is InChI=1S/C20H22N2S.C15H18O3.Na/c1-3-7-19-17(5-1)22(18-6-2-4-8-20(18)23-19)14-16-13-21-11-9-15(16)10-12-21;1-10(15(17)18)12-7-5-11(6-8-12)9-13-3-2-4-14(13)16;/h1-8,15-16H,9-14H2;5-8,10,13H,2-4,9H2,1H3,(H,17,18);/q;;+1/p-1. The Labute approximate surface area is 276 Å². The molecule has 3 aromatic rings. The average molecular weight is 591 g/mol. The first kappa shape index (κ1) is 31.3. The molecule has 8 rings (SSSR count). The van der Waals surface area contributed by atoms with Crippen molar-refractivity contribution in [1.82, 2.24) is 4.90 Å². The van der Waals surface area contributed by atoms with E-state index in [1.807, 2.05) is 36.0 Å². The molecule has 4 aliphatic heterocycles. The third-order valence-corrected chi connectivity index (χ3v) is 10.6. The Morgan fingerprint density at radius 1 is 0.929 bits per heavy atom. The fourth-order valence-corrected chi connectivity index (χ4v) is 8.07. The van der Waals surface area contributed by atoms with E-state index >= 15 is 0 Å². The zero-order valence-electron chi connectivity index (χ0n) is 24.8. The Morgan fingerprint density at radius 3 is 2.07 bits per heavy atom. The summed E-state index contributed by atoms with van der Waals surface area (Å²) in [4.78, 5) is 30.4. The van der Waals surface area contributed by atoms with Gasteiger partial charge in [0, 0.05) is 47.1 Å². The summed E-state index contributed by atoms with van der Waals surface area (Å²) >= 11 is 1.91. The van der Waals surface area contributed by atoms with Gasteiger partial charge >= 0.3 is 29.6 Å². The fourth-order valence-electron chi connectivity index (χ4n) is 6.97. The van der Waals surface area contributed by atoms with Crippen molar-refractivity contribution in [2.75, 3.05) is 31.1 Å². The molecule has 5 nitrogen and oxygen atoms in total. The van der Waals surface area contributed by atoms with Crippen LogP contribution in [-0.4, -0.2) is 42.8 Å². The van der Waals surface area contributed by atoms with Gasteiger partial charge in [0.25, 0.3) is 0 Å². The van der Waals surface area contributed by atoms with Gasteiger partial charge in [0.05, 0.1) is 11.4 Å². The number of benzene rings is 3. The van der Waals surface area contributed by atoms with Crippen LogP contribution in [0, 0.1) is 17.8 Å². The number of hydrogen-bond acceptors (Lipinski definition) is 6. The molecule has 2 bridgehead atoms. The van der Waals surface area contributed by atoms with Crippen LogP contribution in [0.4, 0.5) is 11.4 Å². The van der Waals surface area contributed by atoms with Crippen LogP contribution in [0.25, 0.3) is 0 Å². The number of nitrogens with zero attached hydrogens (tertiary/aromatic N) is 2. The molecule has 5 aliphatic rings. The SMILES string of the molecule is CC(C(=O)[O-])c1ccc(CC2CCCC2=O)cc1.[Na+].c1ccc2c(c1)Sc1ccccc1N2CC1CN2CCC1CC2. The number of aliphatic carboxylic acids is 1. The van der Waals surface area contributed by atoms with Crippen LogP contribution in [0.3, 0.4) is 0 Å². The second kappa shape index (κ2) is 14.1. The molecule has 7 heteroatoms. The summed E-state index contributed by atoms with van der Waals surface area (Å²) in [5.41, 5.74) is 4.64. The van der Waals surface area contributed by atoms with Gasteiger partial charge in [-0.05, 0) is 92.4 Å². The molecule has 0 aromatic heterocycles. The van der Waals surface area contributed by atoms with Gasteiger partial charge in [-0.1, -0.05) is 67.2 Å². The van der Waals surface area contributed by atoms with Crippen molar-refractivity contribution in [3.63, 3.8) is 0 Å². The third-order valence-electron chi connectivity index (χ3n) is 9.49. The van der Waals surface area contributed by atoms with Crippen LogP contribution in [0.5, 0.6) is 0 Å². The van der Waals surface area contributed by atoms with Crippen molar-refractivity contribution in [3.8, 4) is 0 Å². The average Bonchev–Trinajstić information content (AvgIpc) is 3.41. The van der Waals surface area contributed by atoms with Crippen molar-refractivity contribution in [2.24, 2.45) is 17.8 Å². The van der Waals surface area contributed by atoms with Crippen molar-refractivity contribution in [2.45, 2.75) is 61.2 Å². The second-order valence-electron chi connectivity index (χ2n) is 12.1. The first-order valence-corrected chi connectivity index (χ1v) is 16.0. The van der Waals surface area contributed by atoms with Gasteiger partial charge in [-0.2, -0.15) is 0 Å². The third kappa shape index (κ3) is 7.00. The fraction of sp³-hybridized carbons (Fsp3) is 0.429. The van der Waals surface area contributed by atoms with Gasteiger partial charge < -0.3 is 19.7 Å². The van der Waals surface area contributed by atoms with E-state index in [1.165, 1.54) is 53.6 Å². The number of carboxylic acids is 1. The Hall–Kier alpha value is -2.09. The van der Waals surface area contributed by atoms with Crippen molar-refractivity contribution >= 4 is 34.9 Å². The molecule has 1 saturated carbocycles. The van der Waals surface area contributed by atoms with Gasteiger partial charge in [-0.25, -0.2) is 0 Å². The number of fused-ring (bicyclic) bond motifs is 5. The zero-order valence-corrected chi connectivity index (χ0v) is 27.7. The van der Waals surface area contributed by atoms with E-state index < -0.39 is 11.9 Å². The minimum atomic E-state index is -1.06. The smallest absolute Gasteiger partial charge is 0.550 e. The topological polar surface area (TPSA) is 63.7 Å². The normalized spacial score (nSPS) is 24.5. The molecule has 1 aliphatic carbocycles. The molecular formula is C35H39N2NaO3S. The predicted octanol–water partition coefficient (Wildman–Crippen LogP) is 3.09. The van der Waals surface area contributed by atoms with Gasteiger partial charge in [-0.3, -0.25) is 4.79 Å². The molecule has 0 N–H and O–H groups in total. The van der Waals surface area contributed by atoms with Gasteiger partial charge in [0.15, 0.2) is 0 Å². The maximum Gasteiger partial charge on any atom is 1.00 e. The summed E-state index contributed by atoms with van der Waals surface area (Å²) in [5.74, 6) is 0.605. The molecule has 3 atom stereocenters. The number of hydrogen-bond donors (Lipinski definition) is 0. The van der Waals surface area contributed by atoms with E-state index in [9.17, 15) is 14.7 Å². The van der Waals surface area contributed by atoms with Crippen LogP contribution in [0.2, 0.25) is 0 Å². The molecule has 42 heavy (non-hydrogen) atoms. The molecule has 0 spiro atoms. The van der Waals surface area contributed by atoms with Crippen LogP contribution < -0.4 is 39.6 Å². The van der Waals surface area contributed by atoms with Crippen LogP contribution >= 0.6 is 11.8 Å². The number of rotatable bonds is 6. The van der Waals surface area contributed by atoms with Gasteiger partial charge in [0.2, 0.25) is 0 Å². The Kier molecular flexibility index (Phi) is 10.5. The van der Waals surface area contributed by atoms with E-state index in [1.54, 1.807) is 6.92 Å². The zero-order chi connectivity index (χ0) is 28.3. The van der Waals surface area contributed by atoms with E-state index in [2.05, 4.69) is 58.3 Å². The molecular weight excluding hydrogens is 551 g/mol. The minimum absolute atomic E-state index is 0. The minimum Gasteiger partial charge on any atom is -0.550 e. The summed E-state index contributed by atoms with van der Waals surface area (Å²) in [6, 6.07) is 25.2. The van der Waals surface area contributed by atoms with Crippen molar-refractivity contribution < 1.29 is 44.3 Å². The molecule has 214 valence electrons. The molecule has 0 radical (unpaired) electrons. The molecule has 3 saturated heterocycles. The van der Waals surface area contributed by atoms with E-state index in [-0.39, 0.29) is 35.5 Å². The number of anilines is 2. The quantitative estimate of drug-likeness (QED) is 0.412. The van der Waals surface area contributed by atoms with Crippen LogP contribution in [-0.2, 0) is 16.0 Å². The number of ketones is 1. The number of carbonyl (C=O) groups excluding carboxylic acids is 2. The Balaban J connectivity index is 0.000000170. The first-order chi connectivity index (χ1) is 20.0. The van der Waals surface area contributed by atoms with Gasteiger partial charge in [-0.15, -0.1) is 0 Å². The maximum absolute atomic E-state index is 11.6. The van der Waals surface area contributed by atoms with Crippen LogP contribution in [0.1, 0.15) is 56.1 Å². The number of Topliss-reactive ketones (excluding diaryl/α,β-unsaturated/α-hetero) is 1. The number of carbonyl (C=O) groups is 2. The van der Waals surface area contributed by atoms with Crippen LogP contribution in [0.15, 0.2) is 82.6 Å².